The molecule has 1 aromatic heterocycles. The first-order valence-electron chi connectivity index (χ1n) is 10.5. The average Bonchev–Trinajstić information content (AvgIpc) is 2.82. The third-order valence-corrected chi connectivity index (χ3v) is 5.42. The average molecular weight is 450 g/mol. The highest BCUT2D eigenvalue weighted by Crippen LogP contribution is 2.27. The summed E-state index contributed by atoms with van der Waals surface area (Å²) in [5.74, 6) is -2.13. The standard InChI is InChI=1S/C24H27N5O4/c25-14-17(30)13-24(27,16-7-2-1-3-8-16)22(32)20(12-21(26)31)29-23(33)19-11-10-15-6-4-5-9-18(15)28-19/h1-11,17,20,30H,12-14,25,27H2,(H2,26,31)(H,29,33)/t17?,20-,24?/m0/s1. The number of hydrogen-bond donors (Lipinski definition) is 5. The van der Waals surface area contributed by atoms with Gasteiger partial charge in [0.1, 0.15) is 11.2 Å². The molecule has 0 fully saturated rings. The Bertz CT molecular complexity index is 1150. The molecule has 0 aliphatic heterocycles. The Labute approximate surface area is 191 Å². The molecule has 172 valence electrons. The van der Waals surface area contributed by atoms with Crippen LogP contribution >= 0.6 is 0 Å². The number of amides is 2. The second-order valence-corrected chi connectivity index (χ2v) is 7.88. The second-order valence-electron chi connectivity index (χ2n) is 7.88. The minimum atomic E-state index is -1.72. The number of rotatable bonds is 10. The van der Waals surface area contributed by atoms with Crippen LogP contribution in [0.3, 0.4) is 0 Å². The summed E-state index contributed by atoms with van der Waals surface area (Å²) < 4.78 is 0. The first kappa shape index (κ1) is 24.0. The molecular weight excluding hydrogens is 422 g/mol. The number of hydrogen-bond acceptors (Lipinski definition) is 7. The van der Waals surface area contributed by atoms with Gasteiger partial charge in [-0.25, -0.2) is 4.98 Å². The molecule has 3 rings (SSSR count). The largest absolute Gasteiger partial charge is 0.392 e. The highest BCUT2D eigenvalue weighted by Gasteiger charge is 2.42. The summed E-state index contributed by atoms with van der Waals surface area (Å²) in [6.07, 6.45) is -1.75. The van der Waals surface area contributed by atoms with Gasteiger partial charge in [-0.15, -0.1) is 0 Å². The van der Waals surface area contributed by atoms with Crippen LogP contribution < -0.4 is 22.5 Å². The number of aliphatic hydroxyl groups is 1. The van der Waals surface area contributed by atoms with Gasteiger partial charge >= 0.3 is 0 Å². The van der Waals surface area contributed by atoms with E-state index in [1.807, 2.05) is 12.1 Å². The summed E-state index contributed by atoms with van der Waals surface area (Å²) in [6.45, 7) is -0.118. The summed E-state index contributed by atoms with van der Waals surface area (Å²) in [5, 5.41) is 13.6. The zero-order valence-corrected chi connectivity index (χ0v) is 18.0. The van der Waals surface area contributed by atoms with Gasteiger partial charge in [-0.1, -0.05) is 54.6 Å². The Morgan fingerprint density at radius 2 is 1.67 bits per heavy atom. The molecule has 9 nitrogen and oxygen atoms in total. The maximum Gasteiger partial charge on any atom is 0.270 e. The molecule has 33 heavy (non-hydrogen) atoms. The van der Waals surface area contributed by atoms with Crippen LogP contribution in [-0.2, 0) is 15.1 Å². The number of aromatic nitrogens is 1. The van der Waals surface area contributed by atoms with Crippen molar-refractivity contribution in [2.24, 2.45) is 17.2 Å². The van der Waals surface area contributed by atoms with E-state index in [1.54, 1.807) is 48.5 Å². The van der Waals surface area contributed by atoms with Crippen molar-refractivity contribution in [1.82, 2.24) is 10.3 Å². The van der Waals surface area contributed by atoms with E-state index < -0.39 is 41.7 Å². The Morgan fingerprint density at radius 3 is 2.33 bits per heavy atom. The lowest BCUT2D eigenvalue weighted by Gasteiger charge is -2.33. The van der Waals surface area contributed by atoms with Crippen LogP contribution in [0.1, 0.15) is 28.9 Å². The van der Waals surface area contributed by atoms with E-state index in [1.165, 1.54) is 6.07 Å². The fourth-order valence-corrected chi connectivity index (χ4v) is 3.70. The number of nitrogens with two attached hydrogens (primary N) is 3. The Kier molecular flexibility index (Phi) is 7.49. The highest BCUT2D eigenvalue weighted by atomic mass is 16.3. The molecule has 0 saturated heterocycles. The molecule has 9 heteroatoms. The van der Waals surface area contributed by atoms with Crippen molar-refractivity contribution in [3.05, 3.63) is 78.0 Å². The lowest BCUT2D eigenvalue weighted by molar-refractivity contribution is -0.130. The molecule has 0 saturated carbocycles. The van der Waals surface area contributed by atoms with Gasteiger partial charge in [0.2, 0.25) is 5.91 Å². The van der Waals surface area contributed by atoms with Crippen LogP contribution in [0.25, 0.3) is 10.9 Å². The number of pyridine rings is 1. The number of primary amides is 1. The molecule has 2 aromatic carbocycles. The van der Waals surface area contributed by atoms with Crippen molar-refractivity contribution >= 4 is 28.5 Å². The summed E-state index contributed by atoms with van der Waals surface area (Å²) in [4.78, 5) is 42.6. The number of fused-ring (bicyclic) bond motifs is 1. The number of Topliss-reactive ketones (excluding diaryl/α,β-unsaturated/α-hetero) is 1. The van der Waals surface area contributed by atoms with Crippen molar-refractivity contribution in [3.63, 3.8) is 0 Å². The fourth-order valence-electron chi connectivity index (χ4n) is 3.70. The molecule has 0 spiro atoms. The lowest BCUT2D eigenvalue weighted by atomic mass is 9.78. The van der Waals surface area contributed by atoms with E-state index in [0.29, 0.717) is 11.1 Å². The normalized spacial score (nSPS) is 14.8. The van der Waals surface area contributed by atoms with E-state index in [2.05, 4.69) is 10.3 Å². The summed E-state index contributed by atoms with van der Waals surface area (Å²) >= 11 is 0. The van der Waals surface area contributed by atoms with Gasteiger partial charge in [-0.05, 0) is 17.7 Å². The van der Waals surface area contributed by atoms with Crippen LogP contribution in [-0.4, -0.2) is 46.4 Å². The van der Waals surface area contributed by atoms with Crippen molar-refractivity contribution < 1.29 is 19.5 Å². The Hall–Kier alpha value is -3.66. The Balaban J connectivity index is 1.94. The molecule has 0 aliphatic rings. The summed E-state index contributed by atoms with van der Waals surface area (Å²) in [6, 6.07) is 17.6. The number of carbonyl (C=O) groups excluding carboxylic acids is 3. The predicted octanol–water partition coefficient (Wildman–Crippen LogP) is 0.342. The monoisotopic (exact) mass is 449 g/mol. The number of para-hydroxylation sites is 1. The van der Waals surface area contributed by atoms with Gasteiger partial charge in [-0.3, -0.25) is 14.4 Å². The number of ketones is 1. The van der Waals surface area contributed by atoms with Gasteiger partial charge in [-0.2, -0.15) is 0 Å². The molecular formula is C24H27N5O4. The lowest BCUT2D eigenvalue weighted by Crippen LogP contribution is -2.57. The van der Waals surface area contributed by atoms with Gasteiger partial charge in [0.05, 0.1) is 24.1 Å². The first-order valence-corrected chi connectivity index (χ1v) is 10.5. The van der Waals surface area contributed by atoms with Gasteiger partial charge in [0.25, 0.3) is 5.91 Å². The Morgan fingerprint density at radius 1 is 1.00 bits per heavy atom. The topological polar surface area (TPSA) is 174 Å². The van der Waals surface area contributed by atoms with Crippen molar-refractivity contribution in [3.8, 4) is 0 Å². The third-order valence-electron chi connectivity index (χ3n) is 5.42. The predicted molar refractivity (Wildman–Crippen MR) is 124 cm³/mol. The van der Waals surface area contributed by atoms with Crippen LogP contribution in [0.2, 0.25) is 0 Å². The number of benzene rings is 2. The van der Waals surface area contributed by atoms with E-state index in [0.717, 1.165) is 5.39 Å². The van der Waals surface area contributed by atoms with E-state index in [4.69, 9.17) is 17.2 Å². The third kappa shape index (κ3) is 5.58. The molecule has 1 heterocycles. The molecule has 0 bridgehead atoms. The summed E-state index contributed by atoms with van der Waals surface area (Å²) in [7, 11) is 0. The number of nitrogens with zero attached hydrogens (tertiary/aromatic N) is 1. The molecule has 0 aliphatic carbocycles. The second kappa shape index (κ2) is 10.3. The highest BCUT2D eigenvalue weighted by molar-refractivity contribution is 6.02. The van der Waals surface area contributed by atoms with E-state index in [-0.39, 0.29) is 18.7 Å². The quantitative estimate of drug-likeness (QED) is 0.296. The number of nitrogens with one attached hydrogen (secondary N) is 1. The van der Waals surface area contributed by atoms with Crippen LogP contribution in [0.5, 0.6) is 0 Å². The number of carbonyl (C=O) groups is 3. The molecule has 2 unspecified atom stereocenters. The van der Waals surface area contributed by atoms with Gasteiger partial charge in [0.15, 0.2) is 5.78 Å². The molecule has 0 radical (unpaired) electrons. The van der Waals surface area contributed by atoms with Gasteiger partial charge < -0.3 is 27.6 Å². The minimum Gasteiger partial charge on any atom is -0.392 e. The maximum atomic E-state index is 13.6. The molecule has 3 atom stereocenters. The van der Waals surface area contributed by atoms with Gasteiger partial charge in [0, 0.05) is 18.4 Å². The molecule has 2 amide bonds. The zero-order chi connectivity index (χ0) is 24.0. The first-order chi connectivity index (χ1) is 15.7. The molecule has 8 N–H and O–H groups in total. The SMILES string of the molecule is NCC(O)CC(N)(C(=O)[C@H](CC(N)=O)NC(=O)c1ccc2ccccc2n1)c1ccccc1. The fraction of sp³-hybridized carbons (Fsp3) is 0.250. The zero-order valence-electron chi connectivity index (χ0n) is 18.0. The van der Waals surface area contributed by atoms with Crippen LogP contribution in [0, 0.1) is 0 Å². The van der Waals surface area contributed by atoms with E-state index >= 15 is 0 Å². The molecule has 3 aromatic rings. The van der Waals surface area contributed by atoms with Crippen molar-refractivity contribution in [2.45, 2.75) is 30.5 Å². The van der Waals surface area contributed by atoms with Crippen LogP contribution in [0.15, 0.2) is 66.7 Å². The smallest absolute Gasteiger partial charge is 0.270 e. The van der Waals surface area contributed by atoms with Crippen LogP contribution in [0.4, 0.5) is 0 Å². The minimum absolute atomic E-state index is 0.0697. The summed E-state index contributed by atoms with van der Waals surface area (Å²) in [5.41, 5.74) is 16.8. The van der Waals surface area contributed by atoms with Crippen molar-refractivity contribution in [1.29, 1.82) is 0 Å². The maximum absolute atomic E-state index is 13.6. The van der Waals surface area contributed by atoms with E-state index in [9.17, 15) is 19.5 Å². The number of aliphatic hydroxyl groups excluding tert-OH is 1. The van der Waals surface area contributed by atoms with Crippen molar-refractivity contribution in [2.75, 3.05) is 6.54 Å².